The van der Waals surface area contributed by atoms with Crippen molar-refractivity contribution in [1.82, 2.24) is 0 Å². The molecule has 0 spiro atoms. The van der Waals surface area contributed by atoms with Gasteiger partial charge in [-0.2, -0.15) is 0 Å². The summed E-state index contributed by atoms with van der Waals surface area (Å²) in [6, 6.07) is 14.5. The van der Waals surface area contributed by atoms with E-state index in [-0.39, 0.29) is 5.82 Å². The fourth-order valence-electron chi connectivity index (χ4n) is 5.68. The summed E-state index contributed by atoms with van der Waals surface area (Å²) < 4.78 is 13.0. The lowest BCUT2D eigenvalue weighted by atomic mass is 9.69. The molecule has 0 heterocycles. The summed E-state index contributed by atoms with van der Waals surface area (Å²) in [5, 5.41) is 0. The van der Waals surface area contributed by atoms with E-state index in [4.69, 9.17) is 0 Å². The molecule has 0 aromatic heterocycles. The molecule has 0 aliphatic heterocycles. The summed E-state index contributed by atoms with van der Waals surface area (Å²) in [6.07, 6.45) is 15.5. The number of rotatable bonds is 4. The fourth-order valence-corrected chi connectivity index (χ4v) is 5.68. The van der Waals surface area contributed by atoms with E-state index < -0.39 is 0 Å². The second-order valence-electron chi connectivity index (χ2n) is 10.1. The van der Waals surface area contributed by atoms with Crippen LogP contribution < -0.4 is 0 Å². The zero-order valence-electron chi connectivity index (χ0n) is 20.1. The maximum Gasteiger partial charge on any atom is 0.123 e. The van der Waals surface area contributed by atoms with Crippen LogP contribution in [0.15, 0.2) is 48.5 Å². The highest BCUT2D eigenvalue weighted by atomic mass is 19.1. The Morgan fingerprint density at radius 2 is 1.15 bits per heavy atom. The monoisotopic (exact) mass is 440 g/mol. The maximum atomic E-state index is 13.0. The van der Waals surface area contributed by atoms with Crippen molar-refractivity contribution in [3.05, 3.63) is 71.0 Å². The van der Waals surface area contributed by atoms with Crippen molar-refractivity contribution < 1.29 is 4.39 Å². The molecule has 0 atom stereocenters. The molecule has 0 bridgehead atoms. The van der Waals surface area contributed by atoms with E-state index >= 15 is 0 Å². The van der Waals surface area contributed by atoms with Crippen LogP contribution in [0.3, 0.4) is 0 Å². The Morgan fingerprint density at radius 1 is 0.667 bits per heavy atom. The van der Waals surface area contributed by atoms with E-state index in [1.54, 1.807) is 12.1 Å². The Bertz CT molecular complexity index is 977. The zero-order valence-corrected chi connectivity index (χ0v) is 20.1. The molecule has 33 heavy (non-hydrogen) atoms. The smallest absolute Gasteiger partial charge is 0.123 e. The van der Waals surface area contributed by atoms with Crippen molar-refractivity contribution in [2.75, 3.05) is 0 Å². The van der Waals surface area contributed by atoms with Crippen molar-refractivity contribution >= 4 is 0 Å². The quantitative estimate of drug-likeness (QED) is 0.419. The highest BCUT2D eigenvalue weighted by Crippen LogP contribution is 2.42. The molecule has 2 aliphatic carbocycles. The molecule has 172 valence electrons. The van der Waals surface area contributed by atoms with Crippen molar-refractivity contribution in [1.29, 1.82) is 0 Å². The normalized spacial score (nSPS) is 24.8. The molecular formula is C32H37F. The van der Waals surface area contributed by atoms with Gasteiger partial charge in [0.05, 0.1) is 0 Å². The fraction of sp³-hybridized carbons (Fsp3) is 0.500. The van der Waals surface area contributed by atoms with Gasteiger partial charge in [-0.15, -0.1) is 0 Å². The van der Waals surface area contributed by atoms with Gasteiger partial charge in [-0.05, 0) is 105 Å². The van der Waals surface area contributed by atoms with E-state index in [2.05, 4.69) is 42.7 Å². The van der Waals surface area contributed by atoms with Crippen LogP contribution in [0.5, 0.6) is 0 Å². The van der Waals surface area contributed by atoms with Crippen LogP contribution in [0.2, 0.25) is 0 Å². The molecule has 2 aromatic rings. The maximum absolute atomic E-state index is 13.0. The average molecular weight is 441 g/mol. The molecule has 2 fully saturated rings. The van der Waals surface area contributed by atoms with E-state index in [1.807, 2.05) is 12.1 Å². The number of halogens is 1. The predicted octanol–water partition coefficient (Wildman–Crippen LogP) is 8.38. The molecule has 0 radical (unpaired) electrons. The Balaban J connectivity index is 1.23. The third kappa shape index (κ3) is 7.24. The summed E-state index contributed by atoms with van der Waals surface area (Å²) in [5.74, 6) is 16.5. The standard InChI is InChI=1S/C32H37F/c1-2-3-4-25-13-19-30(20-14-25)31-21-15-28(16-22-31)11-9-26-5-7-27(8-6-26)10-12-29-17-23-32(33)24-18-29/h5-8,17-18,23-25,28,30-31H,2-4,13-16,19-22H2,1H3. The molecule has 4 rings (SSSR count). The van der Waals surface area contributed by atoms with E-state index in [1.165, 1.54) is 82.8 Å². The van der Waals surface area contributed by atoms with Gasteiger partial charge in [-0.1, -0.05) is 62.7 Å². The lowest BCUT2D eigenvalue weighted by molar-refractivity contribution is 0.153. The van der Waals surface area contributed by atoms with Crippen LogP contribution in [-0.2, 0) is 0 Å². The molecule has 0 N–H and O–H groups in total. The Hall–Kier alpha value is -2.51. The van der Waals surface area contributed by atoms with Gasteiger partial charge in [0.15, 0.2) is 0 Å². The van der Waals surface area contributed by atoms with Crippen molar-refractivity contribution in [3.8, 4) is 23.7 Å². The molecular weight excluding hydrogens is 403 g/mol. The number of hydrogen-bond acceptors (Lipinski definition) is 0. The van der Waals surface area contributed by atoms with Gasteiger partial charge in [-0.3, -0.25) is 0 Å². The van der Waals surface area contributed by atoms with Gasteiger partial charge in [0, 0.05) is 22.6 Å². The van der Waals surface area contributed by atoms with Crippen LogP contribution >= 0.6 is 0 Å². The summed E-state index contributed by atoms with van der Waals surface area (Å²) in [7, 11) is 0. The van der Waals surface area contributed by atoms with Gasteiger partial charge in [0.25, 0.3) is 0 Å². The van der Waals surface area contributed by atoms with Crippen LogP contribution in [0.1, 0.15) is 94.2 Å². The third-order valence-electron chi connectivity index (χ3n) is 7.80. The molecule has 1 heteroatoms. The minimum absolute atomic E-state index is 0.234. The van der Waals surface area contributed by atoms with Crippen LogP contribution in [0.4, 0.5) is 4.39 Å². The number of unbranched alkanes of at least 4 members (excludes halogenated alkanes) is 1. The largest absolute Gasteiger partial charge is 0.207 e. The molecule has 2 aliphatic rings. The predicted molar refractivity (Wildman–Crippen MR) is 136 cm³/mol. The van der Waals surface area contributed by atoms with Crippen LogP contribution in [0, 0.1) is 53.2 Å². The number of benzene rings is 2. The van der Waals surface area contributed by atoms with Crippen LogP contribution in [-0.4, -0.2) is 0 Å². The van der Waals surface area contributed by atoms with E-state index in [9.17, 15) is 4.39 Å². The van der Waals surface area contributed by atoms with Crippen molar-refractivity contribution in [2.24, 2.45) is 23.7 Å². The van der Waals surface area contributed by atoms with Crippen molar-refractivity contribution in [3.63, 3.8) is 0 Å². The zero-order chi connectivity index (χ0) is 22.9. The van der Waals surface area contributed by atoms with Gasteiger partial charge < -0.3 is 0 Å². The molecule has 0 saturated heterocycles. The van der Waals surface area contributed by atoms with Gasteiger partial charge >= 0.3 is 0 Å². The second kappa shape index (κ2) is 12.1. The lowest BCUT2D eigenvalue weighted by Gasteiger charge is -2.37. The first-order valence-corrected chi connectivity index (χ1v) is 13.1. The topological polar surface area (TPSA) is 0 Å². The van der Waals surface area contributed by atoms with E-state index in [0.29, 0.717) is 5.92 Å². The summed E-state index contributed by atoms with van der Waals surface area (Å²) in [5.41, 5.74) is 2.84. The van der Waals surface area contributed by atoms with Gasteiger partial charge in [-0.25, -0.2) is 4.39 Å². The summed E-state index contributed by atoms with van der Waals surface area (Å²) >= 11 is 0. The highest BCUT2D eigenvalue weighted by Gasteiger charge is 2.30. The van der Waals surface area contributed by atoms with Crippen LogP contribution in [0.25, 0.3) is 0 Å². The Labute approximate surface area is 200 Å². The summed E-state index contributed by atoms with van der Waals surface area (Å²) in [6.45, 7) is 2.31. The molecule has 0 nitrogen and oxygen atoms in total. The Morgan fingerprint density at radius 3 is 1.70 bits per heavy atom. The molecule has 0 unspecified atom stereocenters. The Kier molecular flexibility index (Phi) is 8.66. The minimum Gasteiger partial charge on any atom is -0.207 e. The molecule has 0 amide bonds. The average Bonchev–Trinajstić information content (AvgIpc) is 2.87. The molecule has 2 saturated carbocycles. The second-order valence-corrected chi connectivity index (χ2v) is 10.1. The SMILES string of the molecule is CCCCC1CCC(C2CCC(C#Cc3ccc(C#Cc4ccc(F)cc4)cc3)CC2)CC1. The summed E-state index contributed by atoms with van der Waals surface area (Å²) in [4.78, 5) is 0. The minimum atomic E-state index is -0.234. The van der Waals surface area contributed by atoms with Gasteiger partial charge in [0.1, 0.15) is 5.82 Å². The van der Waals surface area contributed by atoms with Gasteiger partial charge in [0.2, 0.25) is 0 Å². The van der Waals surface area contributed by atoms with Crippen molar-refractivity contribution in [2.45, 2.75) is 77.6 Å². The first-order chi connectivity index (χ1) is 16.2. The first-order valence-electron chi connectivity index (χ1n) is 13.1. The first kappa shape index (κ1) is 23.6. The number of hydrogen-bond donors (Lipinski definition) is 0. The highest BCUT2D eigenvalue weighted by molar-refractivity contribution is 5.45. The van der Waals surface area contributed by atoms with E-state index in [0.717, 1.165) is 34.4 Å². The third-order valence-corrected chi connectivity index (χ3v) is 7.80. The lowest BCUT2D eigenvalue weighted by Crippen LogP contribution is -2.25. The molecule has 2 aromatic carbocycles.